The van der Waals surface area contributed by atoms with E-state index in [0.29, 0.717) is 17.4 Å². The first kappa shape index (κ1) is 85.5. The predicted octanol–water partition coefficient (Wildman–Crippen LogP) is 24.1. The van der Waals surface area contributed by atoms with Crippen molar-refractivity contribution in [2.75, 3.05) is 47.5 Å². The standard InChI is InChI=1S/C78H144NO8P/c1-6-8-10-12-14-16-18-20-22-24-26-28-30-32-34-36-38-39-41-43-45-47-49-51-53-55-57-59-61-63-65-67-69-71-78(81)87-76(75-86-88(82,83)85-73-72-79(3,4)5)74-84-77(80)70-68-66-64-62-60-58-56-54-52-50-48-46-44-42-40-37-35-33-31-29-27-25-23-21-19-17-15-13-11-9-7-2/h18-21,24-27,30-33,76H,6-17,22-23,28-29,34-75H2,1-5H3/b20-18-,21-19-,26-24-,27-25-,32-30-,33-31-. The number of phosphoric acid groups is 1. The van der Waals surface area contributed by atoms with Crippen LogP contribution in [0.3, 0.4) is 0 Å². The van der Waals surface area contributed by atoms with Crippen LogP contribution in [0, 0.1) is 0 Å². The molecule has 10 heteroatoms. The van der Waals surface area contributed by atoms with Crippen LogP contribution in [0.4, 0.5) is 0 Å². The highest BCUT2D eigenvalue weighted by Gasteiger charge is 2.22. The fourth-order valence-electron chi connectivity index (χ4n) is 10.9. The zero-order chi connectivity index (χ0) is 64.1. The van der Waals surface area contributed by atoms with Gasteiger partial charge < -0.3 is 27.9 Å². The number of rotatable bonds is 70. The Morgan fingerprint density at radius 3 is 0.909 bits per heavy atom. The van der Waals surface area contributed by atoms with Crippen LogP contribution in [0.5, 0.6) is 0 Å². The molecule has 0 aromatic rings. The van der Waals surface area contributed by atoms with Gasteiger partial charge in [-0.25, -0.2) is 0 Å². The first-order valence-electron chi connectivity index (χ1n) is 37.6. The number of ether oxygens (including phenoxy) is 2. The Bertz CT molecular complexity index is 1710. The molecule has 0 aromatic carbocycles. The molecule has 9 nitrogen and oxygen atoms in total. The highest BCUT2D eigenvalue weighted by molar-refractivity contribution is 7.45. The summed E-state index contributed by atoms with van der Waals surface area (Å²) in [5.41, 5.74) is 0. The van der Waals surface area contributed by atoms with Gasteiger partial charge in [0.1, 0.15) is 19.8 Å². The van der Waals surface area contributed by atoms with Crippen molar-refractivity contribution in [3.05, 3.63) is 72.9 Å². The number of esters is 2. The maximum atomic E-state index is 12.9. The van der Waals surface area contributed by atoms with Crippen LogP contribution in [0.15, 0.2) is 72.9 Å². The number of quaternary nitrogens is 1. The van der Waals surface area contributed by atoms with Gasteiger partial charge in [-0.1, -0.05) is 331 Å². The summed E-state index contributed by atoms with van der Waals surface area (Å²) >= 11 is 0. The largest absolute Gasteiger partial charge is 0.756 e. The third-order valence-corrected chi connectivity index (χ3v) is 17.7. The lowest BCUT2D eigenvalue weighted by molar-refractivity contribution is -0.870. The maximum Gasteiger partial charge on any atom is 0.306 e. The summed E-state index contributed by atoms with van der Waals surface area (Å²) in [6.45, 7) is 4.27. The molecule has 0 bridgehead atoms. The number of allylic oxidation sites excluding steroid dienone is 12. The second-order valence-corrected chi connectivity index (χ2v) is 28.1. The molecule has 0 saturated carbocycles. The van der Waals surface area contributed by atoms with E-state index < -0.39 is 26.5 Å². The third kappa shape index (κ3) is 72.5. The van der Waals surface area contributed by atoms with E-state index in [-0.39, 0.29) is 32.0 Å². The molecule has 2 unspecified atom stereocenters. The molecule has 0 amide bonds. The minimum absolute atomic E-state index is 0.0306. The smallest absolute Gasteiger partial charge is 0.306 e. The number of likely N-dealkylation sites (N-methyl/N-ethyl adjacent to an activating group) is 1. The lowest BCUT2D eigenvalue weighted by atomic mass is 10.0. The highest BCUT2D eigenvalue weighted by atomic mass is 31.2. The fourth-order valence-corrected chi connectivity index (χ4v) is 11.6. The van der Waals surface area contributed by atoms with Crippen LogP contribution in [0.1, 0.15) is 361 Å². The topological polar surface area (TPSA) is 111 Å². The molecule has 0 rings (SSSR count). The summed E-state index contributed by atoms with van der Waals surface area (Å²) in [6.07, 6.45) is 92.8. The average molecular weight is 1250 g/mol. The van der Waals surface area contributed by atoms with Gasteiger partial charge in [0, 0.05) is 12.8 Å². The van der Waals surface area contributed by atoms with Gasteiger partial charge in [-0.05, 0) is 89.9 Å². The lowest BCUT2D eigenvalue weighted by Crippen LogP contribution is -2.37. The molecule has 0 aliphatic heterocycles. The molecule has 0 radical (unpaired) electrons. The van der Waals surface area contributed by atoms with Gasteiger partial charge in [0.15, 0.2) is 6.10 Å². The highest BCUT2D eigenvalue weighted by Crippen LogP contribution is 2.38. The summed E-state index contributed by atoms with van der Waals surface area (Å²) in [5, 5.41) is 0. The molecule has 0 aromatic heterocycles. The second kappa shape index (κ2) is 68.8. The van der Waals surface area contributed by atoms with Crippen LogP contribution in [0.25, 0.3) is 0 Å². The van der Waals surface area contributed by atoms with Crippen LogP contribution in [0.2, 0.25) is 0 Å². The molecule has 0 aliphatic carbocycles. The van der Waals surface area contributed by atoms with Crippen molar-refractivity contribution in [3.8, 4) is 0 Å². The lowest BCUT2D eigenvalue weighted by Gasteiger charge is -2.28. The van der Waals surface area contributed by atoms with E-state index in [1.165, 1.54) is 263 Å². The Hall–Kier alpha value is -2.55. The van der Waals surface area contributed by atoms with Gasteiger partial charge in [0.25, 0.3) is 7.82 Å². The third-order valence-electron chi connectivity index (χ3n) is 16.7. The molecule has 0 fully saturated rings. The number of carbonyl (C=O) groups excluding carboxylic acids is 2. The van der Waals surface area contributed by atoms with Gasteiger partial charge >= 0.3 is 11.9 Å². The van der Waals surface area contributed by atoms with Gasteiger partial charge in [-0.2, -0.15) is 0 Å². The van der Waals surface area contributed by atoms with E-state index in [0.717, 1.165) is 64.2 Å². The van der Waals surface area contributed by atoms with Crippen LogP contribution in [-0.4, -0.2) is 70.0 Å². The Morgan fingerprint density at radius 1 is 0.352 bits per heavy atom. The first-order valence-corrected chi connectivity index (χ1v) is 39.1. The minimum atomic E-state index is -4.64. The maximum absolute atomic E-state index is 12.9. The summed E-state index contributed by atoms with van der Waals surface area (Å²) in [7, 11) is 1.18. The molecular formula is C78H144NO8P. The molecule has 0 aliphatic rings. The molecule has 0 N–H and O–H groups in total. The number of hydrogen-bond donors (Lipinski definition) is 0. The van der Waals surface area contributed by atoms with E-state index in [1.807, 2.05) is 21.1 Å². The molecule has 2 atom stereocenters. The van der Waals surface area contributed by atoms with Crippen LogP contribution < -0.4 is 4.89 Å². The zero-order valence-corrected chi connectivity index (χ0v) is 59.6. The first-order chi connectivity index (χ1) is 43.0. The molecule has 88 heavy (non-hydrogen) atoms. The molecule has 0 heterocycles. The number of hydrogen-bond acceptors (Lipinski definition) is 8. The summed E-state index contributed by atoms with van der Waals surface area (Å²) < 4.78 is 34.4. The fraction of sp³-hybridized carbons (Fsp3) is 0.821. The SMILES string of the molecule is CCCCCCC/C=C\C/C=C\C/C=C\CCCCCCCCCCCCCCCCCCCCC(=O)OC(COC(=O)CCCCCCCCCCCCCCCCCC/C=C\C/C=C\C/C=C\CCCCCCC)COP(=O)([O-])OCC[N+](C)(C)C. The quantitative estimate of drug-likeness (QED) is 0.0195. The summed E-state index contributed by atoms with van der Waals surface area (Å²) in [5.74, 6) is -0.818. The number of carbonyl (C=O) groups is 2. The number of unbranched alkanes of at least 4 members (excludes halogenated alkanes) is 44. The molecular weight excluding hydrogens is 1110 g/mol. The monoisotopic (exact) mass is 1250 g/mol. The Kier molecular flexibility index (Phi) is 66.8. The van der Waals surface area contributed by atoms with E-state index in [9.17, 15) is 19.0 Å². The van der Waals surface area contributed by atoms with Crippen molar-refractivity contribution in [3.63, 3.8) is 0 Å². The Balaban J connectivity index is 3.99. The van der Waals surface area contributed by atoms with Crippen molar-refractivity contribution in [1.82, 2.24) is 0 Å². The van der Waals surface area contributed by atoms with Crippen molar-refractivity contribution >= 4 is 19.8 Å². The molecule has 514 valence electrons. The Morgan fingerprint density at radius 2 is 0.614 bits per heavy atom. The van der Waals surface area contributed by atoms with Gasteiger partial charge in [0.05, 0.1) is 27.7 Å². The van der Waals surface area contributed by atoms with Gasteiger partial charge in [-0.3, -0.25) is 14.2 Å². The summed E-state index contributed by atoms with van der Waals surface area (Å²) in [4.78, 5) is 38.1. The van der Waals surface area contributed by atoms with Crippen LogP contribution in [-0.2, 0) is 32.7 Å². The minimum Gasteiger partial charge on any atom is -0.756 e. The van der Waals surface area contributed by atoms with Crippen molar-refractivity contribution in [2.24, 2.45) is 0 Å². The van der Waals surface area contributed by atoms with Gasteiger partial charge in [0.2, 0.25) is 0 Å². The normalized spacial score (nSPS) is 13.5. The average Bonchev–Trinajstić information content (AvgIpc) is 3.56. The van der Waals surface area contributed by atoms with Gasteiger partial charge in [-0.15, -0.1) is 0 Å². The van der Waals surface area contributed by atoms with Crippen molar-refractivity contribution < 1.29 is 42.1 Å². The predicted molar refractivity (Wildman–Crippen MR) is 379 cm³/mol. The Labute approximate surface area is 546 Å². The van der Waals surface area contributed by atoms with E-state index in [2.05, 4.69) is 86.8 Å². The number of nitrogens with zero attached hydrogens (tertiary/aromatic N) is 1. The molecule has 0 spiro atoms. The zero-order valence-electron chi connectivity index (χ0n) is 58.7. The van der Waals surface area contributed by atoms with Crippen molar-refractivity contribution in [1.29, 1.82) is 0 Å². The van der Waals surface area contributed by atoms with Crippen molar-refractivity contribution in [2.45, 2.75) is 367 Å². The number of phosphoric ester groups is 1. The van der Waals surface area contributed by atoms with Crippen LogP contribution >= 0.6 is 7.82 Å². The van der Waals surface area contributed by atoms with E-state index >= 15 is 0 Å². The molecule has 0 saturated heterocycles. The van der Waals surface area contributed by atoms with E-state index in [4.69, 9.17) is 18.5 Å². The summed E-state index contributed by atoms with van der Waals surface area (Å²) in [6, 6.07) is 0. The second-order valence-electron chi connectivity index (χ2n) is 26.7. The van der Waals surface area contributed by atoms with E-state index in [1.54, 1.807) is 0 Å².